The molecule has 5 rings (SSSR count). The van der Waals surface area contributed by atoms with E-state index in [2.05, 4.69) is 17.6 Å². The third kappa shape index (κ3) is 2.97. The number of hydrogen-bond acceptors (Lipinski definition) is 2. The van der Waals surface area contributed by atoms with Gasteiger partial charge in [-0.15, -0.1) is 0 Å². The normalized spacial score (nSPS) is 33.3. The molecule has 0 unspecified atom stereocenters. The maximum atomic E-state index is 12.4. The Morgan fingerprint density at radius 3 is 2.21 bits per heavy atom. The van der Waals surface area contributed by atoms with E-state index in [1.54, 1.807) is 0 Å². The van der Waals surface area contributed by atoms with Crippen LogP contribution in [0.1, 0.15) is 53.6 Å². The van der Waals surface area contributed by atoms with Gasteiger partial charge in [0.15, 0.2) is 5.11 Å². The van der Waals surface area contributed by atoms with E-state index < -0.39 is 0 Å². The highest BCUT2D eigenvalue weighted by atomic mass is 32.1. The number of aryl methyl sites for hydroxylation is 2. The lowest BCUT2D eigenvalue weighted by atomic mass is 9.54. The van der Waals surface area contributed by atoms with E-state index in [9.17, 15) is 4.79 Å². The van der Waals surface area contributed by atoms with Gasteiger partial charge in [0.05, 0.1) is 0 Å². The maximum absolute atomic E-state index is 12.4. The van der Waals surface area contributed by atoms with E-state index >= 15 is 0 Å². The van der Waals surface area contributed by atoms with Crippen molar-refractivity contribution < 1.29 is 4.79 Å². The summed E-state index contributed by atoms with van der Waals surface area (Å²) in [4.78, 5) is 12.4. The van der Waals surface area contributed by atoms with Crippen LogP contribution in [0.3, 0.4) is 0 Å². The molecular formula is C20H26N2OS. The number of rotatable bonds is 2. The van der Waals surface area contributed by atoms with Gasteiger partial charge in [0.25, 0.3) is 5.91 Å². The SMILES string of the molecule is Cc1ccc(C(=O)NC(=S)NC2C3CC4CC(C3)CC2C4)cc1C. The second-order valence-corrected chi connectivity index (χ2v) is 8.59. The van der Waals surface area contributed by atoms with Crippen LogP contribution in [0.5, 0.6) is 0 Å². The zero-order valence-electron chi connectivity index (χ0n) is 14.5. The Morgan fingerprint density at radius 2 is 1.62 bits per heavy atom. The van der Waals surface area contributed by atoms with Gasteiger partial charge in [0.1, 0.15) is 0 Å². The minimum absolute atomic E-state index is 0.112. The fraction of sp³-hybridized carbons (Fsp3) is 0.600. The van der Waals surface area contributed by atoms with Crippen LogP contribution in [0, 0.1) is 37.5 Å². The van der Waals surface area contributed by atoms with Crippen molar-refractivity contribution >= 4 is 23.2 Å². The van der Waals surface area contributed by atoms with E-state index in [1.807, 2.05) is 25.1 Å². The van der Waals surface area contributed by atoms with Gasteiger partial charge in [-0.2, -0.15) is 0 Å². The molecule has 0 radical (unpaired) electrons. The van der Waals surface area contributed by atoms with Gasteiger partial charge in [-0.1, -0.05) is 6.07 Å². The first-order valence-electron chi connectivity index (χ1n) is 9.18. The third-order valence-electron chi connectivity index (χ3n) is 6.52. The summed E-state index contributed by atoms with van der Waals surface area (Å²) in [5, 5.41) is 6.87. The largest absolute Gasteiger partial charge is 0.359 e. The van der Waals surface area contributed by atoms with Crippen molar-refractivity contribution in [3.8, 4) is 0 Å². The van der Waals surface area contributed by atoms with Crippen molar-refractivity contribution in [3.05, 3.63) is 34.9 Å². The van der Waals surface area contributed by atoms with Crippen LogP contribution in [-0.4, -0.2) is 17.1 Å². The molecule has 1 aromatic carbocycles. The Bertz CT molecular complexity index is 656. The average molecular weight is 343 g/mol. The lowest BCUT2D eigenvalue weighted by Crippen LogP contribution is -2.57. The molecule has 128 valence electrons. The van der Waals surface area contributed by atoms with Gasteiger partial charge in [0.2, 0.25) is 0 Å². The number of thiocarbonyl (C=S) groups is 1. The smallest absolute Gasteiger partial charge is 0.257 e. The van der Waals surface area contributed by atoms with E-state index in [0.717, 1.165) is 29.2 Å². The molecule has 0 saturated heterocycles. The van der Waals surface area contributed by atoms with Crippen molar-refractivity contribution in [2.24, 2.45) is 23.7 Å². The lowest BCUT2D eigenvalue weighted by Gasteiger charge is -2.54. The summed E-state index contributed by atoms with van der Waals surface area (Å²) in [5.41, 5.74) is 3.00. The number of nitrogens with one attached hydrogen (secondary N) is 2. The van der Waals surface area contributed by atoms with Gasteiger partial charge in [0, 0.05) is 11.6 Å². The fourth-order valence-electron chi connectivity index (χ4n) is 5.41. The molecule has 4 heteroatoms. The molecule has 4 bridgehead atoms. The van der Waals surface area contributed by atoms with Crippen molar-refractivity contribution in [3.63, 3.8) is 0 Å². The second-order valence-electron chi connectivity index (χ2n) is 8.18. The monoisotopic (exact) mass is 342 g/mol. The van der Waals surface area contributed by atoms with Gasteiger partial charge in [-0.3, -0.25) is 10.1 Å². The Balaban J connectivity index is 1.38. The van der Waals surface area contributed by atoms with Crippen LogP contribution in [0.4, 0.5) is 0 Å². The first-order chi connectivity index (χ1) is 11.5. The van der Waals surface area contributed by atoms with Gasteiger partial charge >= 0.3 is 0 Å². The van der Waals surface area contributed by atoms with E-state index in [1.165, 1.54) is 37.7 Å². The summed E-state index contributed by atoms with van der Waals surface area (Å²) >= 11 is 5.45. The zero-order valence-corrected chi connectivity index (χ0v) is 15.3. The molecule has 4 aliphatic carbocycles. The molecule has 3 nitrogen and oxygen atoms in total. The summed E-state index contributed by atoms with van der Waals surface area (Å²) in [6, 6.07) is 6.24. The minimum Gasteiger partial charge on any atom is -0.359 e. The number of amides is 1. The predicted octanol–water partition coefficient (Wildman–Crippen LogP) is 3.73. The van der Waals surface area contributed by atoms with Crippen molar-refractivity contribution in [1.82, 2.24) is 10.6 Å². The predicted molar refractivity (Wildman–Crippen MR) is 99.9 cm³/mol. The van der Waals surface area contributed by atoms with E-state index in [4.69, 9.17) is 12.2 Å². The lowest BCUT2D eigenvalue weighted by molar-refractivity contribution is -0.00692. The standard InChI is InChI=1S/C20H26N2OS/c1-11-3-4-15(5-12(11)2)19(23)22-20(24)21-18-16-7-13-6-14(9-16)10-17(18)8-13/h3-5,13-14,16-18H,6-10H2,1-2H3,(H2,21,22,23,24). The first kappa shape index (κ1) is 16.1. The molecule has 24 heavy (non-hydrogen) atoms. The van der Waals surface area contributed by atoms with Crippen LogP contribution in [0.15, 0.2) is 18.2 Å². The van der Waals surface area contributed by atoms with Crippen molar-refractivity contribution in [2.45, 2.75) is 52.0 Å². The summed E-state index contributed by atoms with van der Waals surface area (Å²) in [6.45, 7) is 4.08. The third-order valence-corrected chi connectivity index (χ3v) is 6.74. The molecular weight excluding hydrogens is 316 g/mol. The first-order valence-corrected chi connectivity index (χ1v) is 9.59. The number of carbonyl (C=O) groups excluding carboxylic acids is 1. The number of benzene rings is 1. The molecule has 0 atom stereocenters. The highest BCUT2D eigenvalue weighted by molar-refractivity contribution is 7.80. The highest BCUT2D eigenvalue weighted by Crippen LogP contribution is 2.53. The van der Waals surface area contributed by atoms with Crippen LogP contribution in [0.25, 0.3) is 0 Å². The van der Waals surface area contributed by atoms with Gasteiger partial charge in [-0.05, 0) is 105 Å². The Hall–Kier alpha value is -1.42. The summed E-state index contributed by atoms with van der Waals surface area (Å²) in [5.74, 6) is 3.28. The maximum Gasteiger partial charge on any atom is 0.257 e. The van der Waals surface area contributed by atoms with Gasteiger partial charge in [-0.25, -0.2) is 0 Å². The molecule has 1 amide bonds. The summed E-state index contributed by atoms with van der Waals surface area (Å²) in [7, 11) is 0. The zero-order chi connectivity index (χ0) is 16.8. The summed E-state index contributed by atoms with van der Waals surface area (Å²) < 4.78 is 0. The summed E-state index contributed by atoms with van der Waals surface area (Å²) in [6.07, 6.45) is 6.83. The van der Waals surface area contributed by atoms with E-state index in [-0.39, 0.29) is 5.91 Å². The number of carbonyl (C=O) groups is 1. The minimum atomic E-state index is -0.112. The second kappa shape index (κ2) is 6.14. The number of hydrogen-bond donors (Lipinski definition) is 2. The molecule has 1 aromatic rings. The molecule has 2 N–H and O–H groups in total. The van der Waals surface area contributed by atoms with Crippen molar-refractivity contribution in [1.29, 1.82) is 0 Å². The average Bonchev–Trinajstić information content (AvgIpc) is 2.52. The highest BCUT2D eigenvalue weighted by Gasteiger charge is 2.48. The van der Waals surface area contributed by atoms with Crippen LogP contribution in [-0.2, 0) is 0 Å². The van der Waals surface area contributed by atoms with Crippen molar-refractivity contribution in [2.75, 3.05) is 0 Å². The van der Waals surface area contributed by atoms with Crippen LogP contribution < -0.4 is 10.6 Å². The van der Waals surface area contributed by atoms with Gasteiger partial charge < -0.3 is 5.32 Å². The van der Waals surface area contributed by atoms with Crippen LogP contribution in [0.2, 0.25) is 0 Å². The molecule has 0 heterocycles. The molecule has 0 spiro atoms. The fourth-order valence-corrected chi connectivity index (χ4v) is 5.64. The molecule has 0 aromatic heterocycles. The molecule has 4 saturated carbocycles. The Morgan fingerprint density at radius 1 is 1.00 bits per heavy atom. The molecule has 4 aliphatic rings. The van der Waals surface area contributed by atoms with Crippen LogP contribution >= 0.6 is 12.2 Å². The van der Waals surface area contributed by atoms with E-state index in [0.29, 0.717) is 16.7 Å². The Kier molecular flexibility index (Phi) is 4.11. The molecule has 4 fully saturated rings. The molecule has 0 aliphatic heterocycles. The topological polar surface area (TPSA) is 41.1 Å². The quantitative estimate of drug-likeness (QED) is 0.805. The Labute approximate surface area is 149 Å².